The van der Waals surface area contributed by atoms with E-state index in [1.165, 1.54) is 0 Å². The summed E-state index contributed by atoms with van der Waals surface area (Å²) in [5.41, 5.74) is -0.512. The van der Waals surface area contributed by atoms with E-state index in [-0.39, 0.29) is 29.8 Å². The number of esters is 1. The molecule has 0 heterocycles. The molecule has 0 saturated heterocycles. The fourth-order valence-electron chi connectivity index (χ4n) is 2.55. The molecule has 0 spiro atoms. The molecule has 0 bridgehead atoms. The van der Waals surface area contributed by atoms with E-state index in [0.717, 1.165) is 19.3 Å². The average Bonchev–Trinajstić information content (AvgIpc) is 2.37. The van der Waals surface area contributed by atoms with Crippen molar-refractivity contribution in [3.05, 3.63) is 0 Å². The Morgan fingerprint density at radius 3 is 2.52 bits per heavy atom. The Bertz CT molecular complexity index is 362. The largest absolute Gasteiger partial charge is 0.460 e. The van der Waals surface area contributed by atoms with Crippen LogP contribution in [0.2, 0.25) is 0 Å². The van der Waals surface area contributed by atoms with Crippen molar-refractivity contribution in [1.29, 1.82) is 0 Å². The summed E-state index contributed by atoms with van der Waals surface area (Å²) < 4.78 is 5.36. The zero-order valence-electron chi connectivity index (χ0n) is 13.6. The van der Waals surface area contributed by atoms with Crippen LogP contribution in [0.4, 0.5) is 0 Å². The van der Waals surface area contributed by atoms with Crippen molar-refractivity contribution in [2.24, 2.45) is 11.8 Å². The number of hydrogen-bond donors (Lipinski definition) is 2. The second kappa shape index (κ2) is 7.78. The van der Waals surface area contributed by atoms with Gasteiger partial charge in [0.2, 0.25) is 5.91 Å². The third-order valence-corrected chi connectivity index (χ3v) is 3.77. The van der Waals surface area contributed by atoms with Crippen LogP contribution in [0, 0.1) is 11.8 Å². The first-order valence-electron chi connectivity index (χ1n) is 7.91. The molecule has 1 saturated carbocycles. The fourth-order valence-corrected chi connectivity index (χ4v) is 2.55. The predicted molar refractivity (Wildman–Crippen MR) is 80.6 cm³/mol. The lowest BCUT2D eigenvalue weighted by atomic mass is 9.86. The minimum Gasteiger partial charge on any atom is -0.460 e. The van der Waals surface area contributed by atoms with E-state index in [2.05, 4.69) is 5.32 Å². The van der Waals surface area contributed by atoms with Gasteiger partial charge in [-0.2, -0.15) is 0 Å². The van der Waals surface area contributed by atoms with Crippen LogP contribution in [0.25, 0.3) is 0 Å². The predicted octanol–water partition coefficient (Wildman–Crippen LogP) is 2.02. The molecule has 5 nitrogen and oxygen atoms in total. The molecule has 0 aromatic carbocycles. The van der Waals surface area contributed by atoms with Crippen LogP contribution in [-0.4, -0.2) is 35.2 Å². The number of amides is 1. The molecule has 21 heavy (non-hydrogen) atoms. The van der Waals surface area contributed by atoms with Gasteiger partial charge in [0, 0.05) is 12.5 Å². The van der Waals surface area contributed by atoms with Crippen molar-refractivity contribution < 1.29 is 19.4 Å². The highest BCUT2D eigenvalue weighted by Gasteiger charge is 2.28. The van der Waals surface area contributed by atoms with E-state index in [4.69, 9.17) is 4.74 Å². The Balaban J connectivity index is 2.43. The molecule has 1 unspecified atom stereocenters. The molecular formula is C16H29NO4. The minimum atomic E-state index is -0.512. The minimum absolute atomic E-state index is 0.0595. The summed E-state index contributed by atoms with van der Waals surface area (Å²) in [6.45, 7) is 7.71. The first-order valence-corrected chi connectivity index (χ1v) is 7.91. The standard InChI is InChI=1S/C16H29NO4/c1-5-11(15(20)21-16(2,3)4)10-17-14(19)12-7-6-8-13(18)9-12/h11-13,18H,5-10H2,1-4H3,(H,17,19)/t11?,12-,13+/m0/s1. The molecule has 1 aliphatic rings. The van der Waals surface area contributed by atoms with Gasteiger partial charge in [0.15, 0.2) is 0 Å². The molecule has 1 amide bonds. The summed E-state index contributed by atoms with van der Waals surface area (Å²) in [4.78, 5) is 24.1. The smallest absolute Gasteiger partial charge is 0.311 e. The molecule has 1 rings (SSSR count). The van der Waals surface area contributed by atoms with Crippen LogP contribution in [0.3, 0.4) is 0 Å². The lowest BCUT2D eigenvalue weighted by molar-refractivity contribution is -0.160. The summed E-state index contributed by atoms with van der Waals surface area (Å²) in [6.07, 6.45) is 3.24. The van der Waals surface area contributed by atoms with Gasteiger partial charge < -0.3 is 15.2 Å². The summed E-state index contributed by atoms with van der Waals surface area (Å²) in [5.74, 6) is -0.781. The van der Waals surface area contributed by atoms with Gasteiger partial charge in [0.1, 0.15) is 5.60 Å². The summed E-state index contributed by atoms with van der Waals surface area (Å²) in [5, 5.41) is 12.5. The van der Waals surface area contributed by atoms with Gasteiger partial charge in [0.05, 0.1) is 12.0 Å². The summed E-state index contributed by atoms with van der Waals surface area (Å²) in [7, 11) is 0. The quantitative estimate of drug-likeness (QED) is 0.762. The van der Waals surface area contributed by atoms with Crippen molar-refractivity contribution in [3.63, 3.8) is 0 Å². The van der Waals surface area contributed by atoms with Gasteiger partial charge in [-0.05, 0) is 46.5 Å². The Kier molecular flexibility index (Phi) is 6.65. The van der Waals surface area contributed by atoms with Crippen LogP contribution < -0.4 is 5.32 Å². The molecule has 1 fully saturated rings. The van der Waals surface area contributed by atoms with E-state index in [1.54, 1.807) is 0 Å². The molecule has 0 aromatic heterocycles. The van der Waals surface area contributed by atoms with Crippen LogP contribution in [0.15, 0.2) is 0 Å². The summed E-state index contributed by atoms with van der Waals surface area (Å²) >= 11 is 0. The molecule has 122 valence electrons. The normalized spacial score (nSPS) is 24.2. The van der Waals surface area contributed by atoms with Crippen molar-refractivity contribution in [1.82, 2.24) is 5.32 Å². The Hall–Kier alpha value is -1.10. The van der Waals surface area contributed by atoms with E-state index in [0.29, 0.717) is 19.4 Å². The monoisotopic (exact) mass is 299 g/mol. The first kappa shape index (κ1) is 18.0. The molecule has 2 N–H and O–H groups in total. The summed E-state index contributed by atoms with van der Waals surface area (Å²) in [6, 6.07) is 0. The van der Waals surface area contributed by atoms with Gasteiger partial charge >= 0.3 is 5.97 Å². The molecule has 5 heteroatoms. The third kappa shape index (κ3) is 6.46. The highest BCUT2D eigenvalue weighted by Crippen LogP contribution is 2.24. The number of aliphatic hydroxyl groups excluding tert-OH is 1. The zero-order valence-corrected chi connectivity index (χ0v) is 13.6. The van der Waals surface area contributed by atoms with Gasteiger partial charge in [-0.1, -0.05) is 13.3 Å². The SMILES string of the molecule is CCC(CNC(=O)[C@H]1CCC[C@@H](O)C1)C(=O)OC(C)(C)C. The maximum atomic E-state index is 12.1. The third-order valence-electron chi connectivity index (χ3n) is 3.77. The molecule has 3 atom stereocenters. The number of carbonyl (C=O) groups excluding carboxylic acids is 2. The van der Waals surface area contributed by atoms with E-state index in [1.807, 2.05) is 27.7 Å². The van der Waals surface area contributed by atoms with Crippen molar-refractivity contribution in [2.45, 2.75) is 71.5 Å². The number of hydrogen-bond acceptors (Lipinski definition) is 4. The number of nitrogens with one attached hydrogen (secondary N) is 1. The lowest BCUT2D eigenvalue weighted by Crippen LogP contribution is -2.40. The second-order valence-corrected chi connectivity index (χ2v) is 6.90. The number of aliphatic hydroxyl groups is 1. The van der Waals surface area contributed by atoms with E-state index >= 15 is 0 Å². The average molecular weight is 299 g/mol. The number of carbonyl (C=O) groups is 2. The maximum Gasteiger partial charge on any atom is 0.311 e. The molecule has 0 aliphatic heterocycles. The Labute approximate surface area is 127 Å². The first-order chi connectivity index (χ1) is 9.73. The van der Waals surface area contributed by atoms with Crippen molar-refractivity contribution >= 4 is 11.9 Å². The zero-order chi connectivity index (χ0) is 16.0. The Morgan fingerprint density at radius 1 is 1.33 bits per heavy atom. The van der Waals surface area contributed by atoms with Crippen LogP contribution >= 0.6 is 0 Å². The number of ether oxygens (including phenoxy) is 1. The van der Waals surface area contributed by atoms with Crippen molar-refractivity contribution in [3.8, 4) is 0 Å². The fraction of sp³-hybridized carbons (Fsp3) is 0.875. The lowest BCUT2D eigenvalue weighted by Gasteiger charge is -2.26. The maximum absolute atomic E-state index is 12.1. The van der Waals surface area contributed by atoms with E-state index < -0.39 is 5.60 Å². The van der Waals surface area contributed by atoms with Crippen molar-refractivity contribution in [2.75, 3.05) is 6.54 Å². The highest BCUT2D eigenvalue weighted by atomic mass is 16.6. The molecule has 1 aliphatic carbocycles. The van der Waals surface area contributed by atoms with Crippen LogP contribution in [0.5, 0.6) is 0 Å². The van der Waals surface area contributed by atoms with Gasteiger partial charge in [-0.25, -0.2) is 0 Å². The highest BCUT2D eigenvalue weighted by molar-refractivity contribution is 5.80. The van der Waals surface area contributed by atoms with Gasteiger partial charge in [0.25, 0.3) is 0 Å². The van der Waals surface area contributed by atoms with Gasteiger partial charge in [-0.15, -0.1) is 0 Å². The molecule has 0 aromatic rings. The van der Waals surface area contributed by atoms with Crippen LogP contribution in [0.1, 0.15) is 59.8 Å². The van der Waals surface area contributed by atoms with Crippen LogP contribution in [-0.2, 0) is 14.3 Å². The van der Waals surface area contributed by atoms with Gasteiger partial charge in [-0.3, -0.25) is 9.59 Å². The second-order valence-electron chi connectivity index (χ2n) is 6.90. The topological polar surface area (TPSA) is 75.6 Å². The Morgan fingerprint density at radius 2 is 2.00 bits per heavy atom. The number of rotatable bonds is 5. The molecular weight excluding hydrogens is 270 g/mol. The van der Waals surface area contributed by atoms with E-state index in [9.17, 15) is 14.7 Å². The molecule has 0 radical (unpaired) electrons.